The molecule has 2 aliphatic rings. The fraction of sp³-hybridized carbons (Fsp3) is 0.500. The van der Waals surface area contributed by atoms with Crippen molar-refractivity contribution in [1.82, 2.24) is 0 Å². The van der Waals surface area contributed by atoms with Crippen molar-refractivity contribution in [1.29, 1.82) is 0 Å². The summed E-state index contributed by atoms with van der Waals surface area (Å²) in [5, 5.41) is 0. The van der Waals surface area contributed by atoms with Gasteiger partial charge in [0.15, 0.2) is 0 Å². The summed E-state index contributed by atoms with van der Waals surface area (Å²) in [5.74, 6) is -0.507. The first-order chi connectivity index (χ1) is 12.6. The third-order valence-corrected chi connectivity index (χ3v) is 4.58. The molecule has 2 atom stereocenters. The molecule has 0 saturated heterocycles. The molecule has 6 nitrogen and oxygen atoms in total. The van der Waals surface area contributed by atoms with Crippen molar-refractivity contribution in [3.8, 4) is 0 Å². The van der Waals surface area contributed by atoms with Gasteiger partial charge in [-0.25, -0.2) is 9.59 Å². The Morgan fingerprint density at radius 1 is 0.923 bits per heavy atom. The minimum atomic E-state index is -0.398. The molecule has 1 aromatic rings. The summed E-state index contributed by atoms with van der Waals surface area (Å²) in [6.07, 6.45) is 2.88. The van der Waals surface area contributed by atoms with Crippen LogP contribution in [0.4, 0.5) is 0 Å². The van der Waals surface area contributed by atoms with E-state index in [1.807, 2.05) is 24.3 Å². The highest BCUT2D eigenvalue weighted by molar-refractivity contribution is 6.08. The lowest BCUT2D eigenvalue weighted by Crippen LogP contribution is -2.18. The molecule has 26 heavy (non-hydrogen) atoms. The number of carbonyl (C=O) groups is 2. The number of ether oxygens (including phenoxy) is 2. The topological polar surface area (TPSA) is 77.3 Å². The van der Waals surface area contributed by atoms with E-state index in [1.165, 1.54) is 0 Å². The molecule has 0 radical (unpaired) electrons. The molecule has 0 saturated carbocycles. The molecule has 2 unspecified atom stereocenters. The predicted molar refractivity (Wildman–Crippen MR) is 98.8 cm³/mol. The number of hydrogen-bond donors (Lipinski definition) is 0. The van der Waals surface area contributed by atoms with Crippen LogP contribution in [-0.2, 0) is 19.1 Å². The number of nitrogens with zero attached hydrogens (tertiary/aromatic N) is 2. The molecule has 0 spiro atoms. The third kappa shape index (κ3) is 4.00. The van der Waals surface area contributed by atoms with Gasteiger partial charge >= 0.3 is 11.9 Å². The Hall–Kier alpha value is -2.50. The van der Waals surface area contributed by atoms with Crippen molar-refractivity contribution >= 4 is 23.4 Å². The summed E-state index contributed by atoms with van der Waals surface area (Å²) in [6, 6.07) is 7.20. The molecule has 0 N–H and O–H groups in total. The first kappa shape index (κ1) is 18.3. The van der Waals surface area contributed by atoms with Crippen LogP contribution in [0.3, 0.4) is 0 Å². The molecule has 0 bridgehead atoms. The number of benzene rings is 1. The second-order valence-electron chi connectivity index (χ2n) is 6.35. The SMILES string of the molecule is CCOC(=O)C1CCC(c2cccc(C3=NC(C(=O)OCC)CC3)c2)=N1. The third-order valence-electron chi connectivity index (χ3n) is 4.58. The number of esters is 2. The van der Waals surface area contributed by atoms with Crippen LogP contribution in [0.15, 0.2) is 34.3 Å². The lowest BCUT2D eigenvalue weighted by molar-refractivity contribution is -0.145. The summed E-state index contributed by atoms with van der Waals surface area (Å²) in [6.45, 7) is 4.34. The van der Waals surface area contributed by atoms with Gasteiger partial charge in [-0.2, -0.15) is 0 Å². The fourth-order valence-corrected chi connectivity index (χ4v) is 3.32. The zero-order chi connectivity index (χ0) is 18.5. The molecule has 0 aromatic heterocycles. The van der Waals surface area contributed by atoms with Gasteiger partial charge < -0.3 is 9.47 Å². The smallest absolute Gasteiger partial charge is 0.330 e. The van der Waals surface area contributed by atoms with Crippen molar-refractivity contribution in [3.05, 3.63) is 35.4 Å². The standard InChI is InChI=1S/C20H24N2O4/c1-3-25-19(23)17-10-8-15(21-17)13-6-5-7-14(12-13)16-9-11-18(22-16)20(24)26-4-2/h5-7,12,17-18H,3-4,8-11H2,1-2H3. The van der Waals surface area contributed by atoms with E-state index in [9.17, 15) is 9.59 Å². The molecule has 0 fully saturated rings. The van der Waals surface area contributed by atoms with Crippen LogP contribution >= 0.6 is 0 Å². The van der Waals surface area contributed by atoms with Gasteiger partial charge in [-0.3, -0.25) is 9.98 Å². The monoisotopic (exact) mass is 356 g/mol. The van der Waals surface area contributed by atoms with Crippen molar-refractivity contribution in [3.63, 3.8) is 0 Å². The van der Waals surface area contributed by atoms with Crippen molar-refractivity contribution in [2.45, 2.75) is 51.6 Å². The van der Waals surface area contributed by atoms with E-state index in [4.69, 9.17) is 9.47 Å². The van der Waals surface area contributed by atoms with Crippen molar-refractivity contribution < 1.29 is 19.1 Å². The second-order valence-corrected chi connectivity index (χ2v) is 6.35. The maximum atomic E-state index is 11.9. The van der Waals surface area contributed by atoms with Crippen LogP contribution < -0.4 is 0 Å². The van der Waals surface area contributed by atoms with Crippen molar-refractivity contribution in [2.75, 3.05) is 13.2 Å². The van der Waals surface area contributed by atoms with Gasteiger partial charge in [0.2, 0.25) is 0 Å². The van der Waals surface area contributed by atoms with Gasteiger partial charge in [0.1, 0.15) is 12.1 Å². The Balaban J connectivity index is 1.75. The number of carbonyl (C=O) groups excluding carboxylic acids is 2. The first-order valence-corrected chi connectivity index (χ1v) is 9.19. The molecule has 3 rings (SSSR count). The largest absolute Gasteiger partial charge is 0.464 e. The summed E-state index contributed by atoms with van der Waals surface area (Å²) >= 11 is 0. The molecule has 2 heterocycles. The second kappa shape index (κ2) is 8.25. The minimum absolute atomic E-state index is 0.254. The van der Waals surface area contributed by atoms with Crippen LogP contribution in [0.25, 0.3) is 0 Å². The van der Waals surface area contributed by atoms with Crippen LogP contribution in [0.5, 0.6) is 0 Å². The molecular formula is C20H24N2O4. The Kier molecular flexibility index (Phi) is 5.81. The van der Waals surface area contributed by atoms with E-state index < -0.39 is 12.1 Å². The van der Waals surface area contributed by atoms with Gasteiger partial charge in [0.25, 0.3) is 0 Å². The molecule has 2 aliphatic heterocycles. The lowest BCUT2D eigenvalue weighted by atomic mass is 10.0. The molecule has 6 heteroatoms. The Bertz CT molecular complexity index is 695. The van der Waals surface area contributed by atoms with Crippen LogP contribution in [-0.4, -0.2) is 48.7 Å². The summed E-state index contributed by atoms with van der Waals surface area (Å²) in [5.41, 5.74) is 3.84. The van der Waals surface area contributed by atoms with Gasteiger partial charge in [0.05, 0.1) is 13.2 Å². The van der Waals surface area contributed by atoms with E-state index in [0.29, 0.717) is 26.1 Å². The summed E-state index contributed by atoms with van der Waals surface area (Å²) < 4.78 is 10.1. The van der Waals surface area contributed by atoms with E-state index in [1.54, 1.807) is 13.8 Å². The quantitative estimate of drug-likeness (QED) is 0.734. The minimum Gasteiger partial charge on any atom is -0.464 e. The molecule has 0 amide bonds. The first-order valence-electron chi connectivity index (χ1n) is 9.19. The van der Waals surface area contributed by atoms with E-state index in [2.05, 4.69) is 9.98 Å². The lowest BCUT2D eigenvalue weighted by Gasteiger charge is -2.06. The van der Waals surface area contributed by atoms with E-state index >= 15 is 0 Å². The van der Waals surface area contributed by atoms with E-state index in [-0.39, 0.29) is 11.9 Å². The maximum Gasteiger partial charge on any atom is 0.330 e. The Morgan fingerprint density at radius 2 is 1.38 bits per heavy atom. The highest BCUT2D eigenvalue weighted by Gasteiger charge is 2.28. The highest BCUT2D eigenvalue weighted by Crippen LogP contribution is 2.24. The number of rotatable bonds is 6. The van der Waals surface area contributed by atoms with E-state index in [0.717, 1.165) is 35.4 Å². The van der Waals surface area contributed by atoms with Gasteiger partial charge in [0, 0.05) is 11.4 Å². The van der Waals surface area contributed by atoms with Gasteiger partial charge in [-0.1, -0.05) is 18.2 Å². The zero-order valence-electron chi connectivity index (χ0n) is 15.2. The molecule has 0 aliphatic carbocycles. The van der Waals surface area contributed by atoms with Gasteiger partial charge in [-0.05, 0) is 56.7 Å². The molecule has 138 valence electrons. The average molecular weight is 356 g/mol. The summed E-state index contributed by atoms with van der Waals surface area (Å²) in [4.78, 5) is 32.8. The Labute approximate surface area is 153 Å². The zero-order valence-corrected chi connectivity index (χ0v) is 15.2. The number of hydrogen-bond acceptors (Lipinski definition) is 6. The van der Waals surface area contributed by atoms with Crippen LogP contribution in [0.1, 0.15) is 50.7 Å². The number of aliphatic imine (C=N–C) groups is 2. The van der Waals surface area contributed by atoms with Crippen molar-refractivity contribution in [2.24, 2.45) is 9.98 Å². The average Bonchev–Trinajstić information content (AvgIpc) is 3.32. The predicted octanol–water partition coefficient (Wildman–Crippen LogP) is 2.72. The van der Waals surface area contributed by atoms with Gasteiger partial charge in [-0.15, -0.1) is 0 Å². The normalized spacial score (nSPS) is 21.9. The maximum absolute atomic E-state index is 11.9. The van der Waals surface area contributed by atoms with Crippen LogP contribution in [0.2, 0.25) is 0 Å². The summed E-state index contributed by atoms with van der Waals surface area (Å²) in [7, 11) is 0. The molecule has 1 aromatic carbocycles. The Morgan fingerprint density at radius 3 is 1.81 bits per heavy atom. The van der Waals surface area contributed by atoms with Crippen LogP contribution in [0, 0.1) is 0 Å². The molecular weight excluding hydrogens is 332 g/mol. The highest BCUT2D eigenvalue weighted by atomic mass is 16.5. The fourth-order valence-electron chi connectivity index (χ4n) is 3.32.